The molecule has 0 N–H and O–H groups in total. The molecule has 0 spiro atoms. The molecule has 0 bridgehead atoms. The summed E-state index contributed by atoms with van der Waals surface area (Å²) in [6.45, 7) is 0. The van der Waals surface area contributed by atoms with Gasteiger partial charge in [0, 0.05) is 33.5 Å². The Balaban J connectivity index is 0.856. The number of hydrogen-bond donors (Lipinski definition) is 0. The highest BCUT2D eigenvalue weighted by molar-refractivity contribution is 6.09. The van der Waals surface area contributed by atoms with Crippen LogP contribution < -0.4 is 4.90 Å². The van der Waals surface area contributed by atoms with Crippen LogP contribution in [-0.4, -0.2) is 4.57 Å². The van der Waals surface area contributed by atoms with Gasteiger partial charge in [0.1, 0.15) is 0 Å². The van der Waals surface area contributed by atoms with E-state index in [4.69, 9.17) is 0 Å². The lowest BCUT2D eigenvalue weighted by Gasteiger charge is -2.26. The summed E-state index contributed by atoms with van der Waals surface area (Å²) in [6.07, 6.45) is 0. The third kappa shape index (κ3) is 7.40. The van der Waals surface area contributed by atoms with E-state index in [2.05, 4.69) is 289 Å². The largest absolute Gasteiger partial charge is 0.311 e. The predicted molar refractivity (Wildman–Crippen MR) is 298 cm³/mol. The molecule has 2 nitrogen and oxygen atoms in total. The summed E-state index contributed by atoms with van der Waals surface area (Å²) in [5.74, 6) is 0. The summed E-state index contributed by atoms with van der Waals surface area (Å²) < 4.78 is 2.38. The van der Waals surface area contributed by atoms with Crippen molar-refractivity contribution in [2.75, 3.05) is 4.90 Å². The Hall–Kier alpha value is -9.24. The van der Waals surface area contributed by atoms with Gasteiger partial charge in [-0.3, -0.25) is 0 Å². The van der Waals surface area contributed by atoms with Gasteiger partial charge in [0.05, 0.1) is 11.0 Å². The molecule has 1 heterocycles. The fraction of sp³-hybridized carbons (Fsp3) is 0. The van der Waals surface area contributed by atoms with E-state index in [1.807, 2.05) is 0 Å². The average Bonchev–Trinajstić information content (AvgIpc) is 3.78. The van der Waals surface area contributed by atoms with Crippen LogP contribution in [0.25, 0.3) is 105 Å². The summed E-state index contributed by atoms with van der Waals surface area (Å²) in [4.78, 5) is 2.37. The summed E-state index contributed by atoms with van der Waals surface area (Å²) in [5, 5.41) is 7.54. The highest BCUT2D eigenvalue weighted by Crippen LogP contribution is 2.40. The van der Waals surface area contributed by atoms with Gasteiger partial charge in [0.25, 0.3) is 0 Å². The normalized spacial score (nSPS) is 11.4. The molecule has 70 heavy (non-hydrogen) atoms. The molecule has 2 heteroatoms. The molecule has 0 atom stereocenters. The maximum absolute atomic E-state index is 2.38. The number of anilines is 3. The van der Waals surface area contributed by atoms with Crippen LogP contribution in [0, 0.1) is 0 Å². The second kappa shape index (κ2) is 17.4. The third-order valence-electron chi connectivity index (χ3n) is 14.0. The summed E-state index contributed by atoms with van der Waals surface area (Å²) in [5.41, 5.74) is 18.8. The van der Waals surface area contributed by atoms with E-state index in [9.17, 15) is 0 Å². The Morgan fingerprint density at radius 3 is 1.01 bits per heavy atom. The lowest BCUT2D eigenvalue weighted by molar-refractivity contribution is 1.17. The zero-order chi connectivity index (χ0) is 46.4. The van der Waals surface area contributed by atoms with Gasteiger partial charge >= 0.3 is 0 Å². The van der Waals surface area contributed by atoms with Crippen LogP contribution in [0.1, 0.15) is 0 Å². The molecule has 0 aliphatic heterocycles. The number of nitrogens with zero attached hydrogens (tertiary/aromatic N) is 2. The monoisotopic (exact) mass is 890 g/mol. The molecule has 13 rings (SSSR count). The van der Waals surface area contributed by atoms with E-state index in [1.54, 1.807) is 0 Å². The van der Waals surface area contributed by atoms with E-state index in [1.165, 1.54) is 99.0 Å². The van der Waals surface area contributed by atoms with E-state index >= 15 is 0 Å². The maximum atomic E-state index is 2.38. The van der Waals surface area contributed by atoms with Gasteiger partial charge in [0.15, 0.2) is 0 Å². The number of benzene rings is 12. The van der Waals surface area contributed by atoms with Crippen molar-refractivity contribution in [3.63, 3.8) is 0 Å². The minimum absolute atomic E-state index is 1.08. The van der Waals surface area contributed by atoms with Gasteiger partial charge in [-0.1, -0.05) is 200 Å². The van der Waals surface area contributed by atoms with Crippen molar-refractivity contribution in [2.45, 2.75) is 0 Å². The Kier molecular flexibility index (Phi) is 10.2. The molecule has 1 aromatic heterocycles. The highest BCUT2D eigenvalue weighted by Gasteiger charge is 2.17. The first-order valence-electron chi connectivity index (χ1n) is 24.1. The van der Waals surface area contributed by atoms with Gasteiger partial charge in [-0.05, 0) is 156 Å². The van der Waals surface area contributed by atoms with Gasteiger partial charge in [-0.25, -0.2) is 0 Å². The molecule has 0 fully saturated rings. The molecule has 328 valence electrons. The lowest BCUT2D eigenvalue weighted by atomic mass is 9.94. The van der Waals surface area contributed by atoms with Crippen LogP contribution >= 0.6 is 0 Å². The molecule has 12 aromatic carbocycles. The standard InChI is InChI=1S/C68H46N2/c1-3-24-61-49(14-1)16-12-28-63(61)55-22-10-19-52(45-55)48-34-38-58(39-35-48)69(59-40-42-60(43-41-59)70-67-30-7-5-26-65(67)66-27-6-8-31-68(66)70)57-36-32-47(33-37-57)51-18-9-20-53(44-51)54-21-11-23-56(46-54)64-29-13-17-50-15-2-4-25-62(50)64/h1-46H. The Labute approximate surface area is 408 Å². The number of aromatic nitrogens is 1. The Morgan fingerprint density at radius 1 is 0.229 bits per heavy atom. The Bertz CT molecular complexity index is 3980. The number of para-hydroxylation sites is 2. The zero-order valence-electron chi connectivity index (χ0n) is 38.5. The fourth-order valence-electron chi connectivity index (χ4n) is 10.6. The molecule has 0 saturated heterocycles. The van der Waals surface area contributed by atoms with Crippen LogP contribution in [0.4, 0.5) is 17.1 Å². The molecular weight excluding hydrogens is 845 g/mol. The van der Waals surface area contributed by atoms with Crippen molar-refractivity contribution in [3.05, 3.63) is 279 Å². The Morgan fingerprint density at radius 2 is 0.557 bits per heavy atom. The fourth-order valence-corrected chi connectivity index (χ4v) is 10.6. The van der Waals surface area contributed by atoms with E-state index in [-0.39, 0.29) is 0 Å². The van der Waals surface area contributed by atoms with Crippen molar-refractivity contribution >= 4 is 60.4 Å². The minimum Gasteiger partial charge on any atom is -0.311 e. The topological polar surface area (TPSA) is 8.17 Å². The first-order chi connectivity index (χ1) is 34.7. The van der Waals surface area contributed by atoms with Crippen molar-refractivity contribution in [1.29, 1.82) is 0 Å². The molecule has 0 aliphatic rings. The zero-order valence-corrected chi connectivity index (χ0v) is 38.5. The second-order valence-corrected chi connectivity index (χ2v) is 18.1. The van der Waals surface area contributed by atoms with E-state index in [0.29, 0.717) is 0 Å². The van der Waals surface area contributed by atoms with Crippen LogP contribution in [0.2, 0.25) is 0 Å². The summed E-state index contributed by atoms with van der Waals surface area (Å²) in [7, 11) is 0. The number of fused-ring (bicyclic) bond motifs is 5. The molecular formula is C68H46N2. The molecule has 0 unspecified atom stereocenters. The van der Waals surface area contributed by atoms with Gasteiger partial charge in [-0.2, -0.15) is 0 Å². The highest BCUT2D eigenvalue weighted by atomic mass is 15.1. The predicted octanol–water partition coefficient (Wildman–Crippen LogP) is 18.9. The third-order valence-corrected chi connectivity index (χ3v) is 14.0. The van der Waals surface area contributed by atoms with Crippen LogP contribution in [0.3, 0.4) is 0 Å². The van der Waals surface area contributed by atoms with Crippen molar-refractivity contribution in [1.82, 2.24) is 4.57 Å². The first kappa shape index (κ1) is 41.0. The van der Waals surface area contributed by atoms with Gasteiger partial charge in [0.2, 0.25) is 0 Å². The molecule has 0 radical (unpaired) electrons. The quantitative estimate of drug-likeness (QED) is 0.140. The molecule has 0 saturated carbocycles. The second-order valence-electron chi connectivity index (χ2n) is 18.1. The molecule has 0 aliphatic carbocycles. The average molecular weight is 891 g/mol. The molecule has 0 amide bonds. The summed E-state index contributed by atoms with van der Waals surface area (Å²) in [6, 6.07) is 102. The SMILES string of the molecule is c1cc(-c2ccc(N(c3ccc(-c4cccc(-c5cccc6ccccc56)c4)cc3)c3ccc(-n4c5ccccc5c5ccccc54)cc3)cc2)cc(-c2cccc(-c3cccc4ccccc34)c2)c1. The van der Waals surface area contributed by atoms with Crippen LogP contribution in [0.5, 0.6) is 0 Å². The maximum Gasteiger partial charge on any atom is 0.0541 e. The first-order valence-corrected chi connectivity index (χ1v) is 24.1. The summed E-state index contributed by atoms with van der Waals surface area (Å²) >= 11 is 0. The minimum atomic E-state index is 1.08. The van der Waals surface area contributed by atoms with Gasteiger partial charge in [-0.15, -0.1) is 0 Å². The van der Waals surface area contributed by atoms with E-state index in [0.717, 1.165) is 22.7 Å². The van der Waals surface area contributed by atoms with Gasteiger partial charge < -0.3 is 9.47 Å². The van der Waals surface area contributed by atoms with Crippen LogP contribution in [-0.2, 0) is 0 Å². The number of rotatable bonds is 9. The van der Waals surface area contributed by atoms with Crippen LogP contribution in [0.15, 0.2) is 279 Å². The van der Waals surface area contributed by atoms with Crippen molar-refractivity contribution in [3.8, 4) is 61.3 Å². The van der Waals surface area contributed by atoms with E-state index < -0.39 is 0 Å². The molecule has 13 aromatic rings. The number of hydrogen-bond acceptors (Lipinski definition) is 1. The van der Waals surface area contributed by atoms with Crippen molar-refractivity contribution in [2.24, 2.45) is 0 Å². The lowest BCUT2D eigenvalue weighted by Crippen LogP contribution is -2.10. The smallest absolute Gasteiger partial charge is 0.0541 e. The van der Waals surface area contributed by atoms with Crippen molar-refractivity contribution < 1.29 is 0 Å².